The molecule has 3 rings (SSSR count). The Kier molecular flexibility index (Phi) is 2.94. The van der Waals surface area contributed by atoms with Crippen molar-refractivity contribution in [3.05, 3.63) is 17.5 Å². The van der Waals surface area contributed by atoms with Gasteiger partial charge in [-0.05, 0) is 12.8 Å². The topological polar surface area (TPSA) is 64.3 Å². The van der Waals surface area contributed by atoms with Gasteiger partial charge in [0.1, 0.15) is 0 Å². The maximum absolute atomic E-state index is 5.98. The van der Waals surface area contributed by atoms with E-state index < -0.39 is 0 Å². The van der Waals surface area contributed by atoms with Crippen molar-refractivity contribution in [2.45, 2.75) is 31.9 Å². The predicted octanol–water partition coefficient (Wildman–Crippen LogP) is 0.477. The molecule has 0 aliphatic carbocycles. The highest BCUT2D eigenvalue weighted by molar-refractivity contribution is 5.34. The van der Waals surface area contributed by atoms with Crippen molar-refractivity contribution >= 4 is 5.95 Å². The Hall–Kier alpha value is -1.20. The molecule has 2 N–H and O–H groups in total. The number of nitrogens with zero attached hydrogens (tertiary/aromatic N) is 3. The third-order valence-electron chi connectivity index (χ3n) is 3.42. The van der Waals surface area contributed by atoms with Gasteiger partial charge in [-0.15, -0.1) is 0 Å². The first-order chi connectivity index (χ1) is 8.33. The van der Waals surface area contributed by atoms with Gasteiger partial charge in [0.2, 0.25) is 5.95 Å². The van der Waals surface area contributed by atoms with Crippen LogP contribution in [-0.4, -0.2) is 35.7 Å². The Morgan fingerprint density at radius 3 is 3.29 bits per heavy atom. The van der Waals surface area contributed by atoms with Crippen LogP contribution < -0.4 is 10.6 Å². The molecule has 1 fully saturated rings. The van der Waals surface area contributed by atoms with Gasteiger partial charge in [0.25, 0.3) is 0 Å². The molecule has 0 bridgehead atoms. The molecule has 2 aliphatic heterocycles. The molecule has 1 aromatic rings. The smallest absolute Gasteiger partial charge is 0.225 e. The lowest BCUT2D eigenvalue weighted by atomic mass is 10.1. The lowest BCUT2D eigenvalue weighted by molar-refractivity contribution is 0.109. The fourth-order valence-corrected chi connectivity index (χ4v) is 2.46. The number of rotatable bonds is 1. The molecule has 1 saturated heterocycles. The van der Waals surface area contributed by atoms with E-state index in [-0.39, 0.29) is 6.04 Å². The molecule has 0 aromatic carbocycles. The molecule has 0 amide bonds. The fourth-order valence-electron chi connectivity index (χ4n) is 2.46. The Morgan fingerprint density at radius 2 is 2.41 bits per heavy atom. The summed E-state index contributed by atoms with van der Waals surface area (Å²) in [6, 6.07) is 0.256. The van der Waals surface area contributed by atoms with Crippen LogP contribution in [0.3, 0.4) is 0 Å². The molecule has 5 heteroatoms. The third kappa shape index (κ3) is 2.25. The van der Waals surface area contributed by atoms with Gasteiger partial charge in [-0.25, -0.2) is 9.97 Å². The molecular weight excluding hydrogens is 216 g/mol. The molecule has 3 heterocycles. The molecule has 0 radical (unpaired) electrons. The van der Waals surface area contributed by atoms with Gasteiger partial charge in [0, 0.05) is 37.3 Å². The second kappa shape index (κ2) is 4.58. The summed E-state index contributed by atoms with van der Waals surface area (Å²) in [6.45, 7) is 3.30. The van der Waals surface area contributed by atoms with E-state index in [0.29, 0.717) is 6.61 Å². The van der Waals surface area contributed by atoms with E-state index in [0.717, 1.165) is 56.2 Å². The zero-order valence-electron chi connectivity index (χ0n) is 9.93. The monoisotopic (exact) mass is 234 g/mol. The van der Waals surface area contributed by atoms with Gasteiger partial charge in [-0.1, -0.05) is 0 Å². The van der Waals surface area contributed by atoms with Gasteiger partial charge >= 0.3 is 0 Å². The molecule has 2 aliphatic rings. The largest absolute Gasteiger partial charge is 0.376 e. The van der Waals surface area contributed by atoms with Crippen LogP contribution in [0, 0.1) is 0 Å². The number of aromatic nitrogens is 2. The SMILES string of the molecule is N[C@H]1CCCN(c2ncc3c(n2)CCOC3)C1. The summed E-state index contributed by atoms with van der Waals surface area (Å²) in [5.74, 6) is 0.834. The summed E-state index contributed by atoms with van der Waals surface area (Å²) in [5, 5.41) is 0. The first kappa shape index (κ1) is 10.9. The van der Waals surface area contributed by atoms with E-state index in [4.69, 9.17) is 10.5 Å². The molecule has 1 atom stereocenters. The molecule has 5 nitrogen and oxygen atoms in total. The van der Waals surface area contributed by atoms with Crippen LogP contribution in [0.2, 0.25) is 0 Å². The number of hydrogen-bond acceptors (Lipinski definition) is 5. The maximum Gasteiger partial charge on any atom is 0.225 e. The van der Waals surface area contributed by atoms with E-state index in [2.05, 4.69) is 14.9 Å². The summed E-state index contributed by atoms with van der Waals surface area (Å²) < 4.78 is 5.38. The minimum absolute atomic E-state index is 0.256. The Labute approximate surface area is 101 Å². The molecule has 92 valence electrons. The third-order valence-corrected chi connectivity index (χ3v) is 3.42. The molecule has 0 unspecified atom stereocenters. The van der Waals surface area contributed by atoms with E-state index in [1.165, 1.54) is 0 Å². The summed E-state index contributed by atoms with van der Waals surface area (Å²) >= 11 is 0. The van der Waals surface area contributed by atoms with E-state index in [1.807, 2.05) is 6.20 Å². The number of anilines is 1. The van der Waals surface area contributed by atoms with Gasteiger partial charge < -0.3 is 15.4 Å². The van der Waals surface area contributed by atoms with Crippen molar-refractivity contribution in [2.24, 2.45) is 5.73 Å². The van der Waals surface area contributed by atoms with E-state index in [1.54, 1.807) is 0 Å². The summed E-state index contributed by atoms with van der Waals surface area (Å²) in [4.78, 5) is 11.3. The lowest BCUT2D eigenvalue weighted by Crippen LogP contribution is -2.43. The Balaban J connectivity index is 1.83. The minimum atomic E-state index is 0.256. The average Bonchev–Trinajstić information content (AvgIpc) is 2.38. The Bertz CT molecular complexity index is 409. The van der Waals surface area contributed by atoms with Crippen LogP contribution in [0.15, 0.2) is 6.20 Å². The minimum Gasteiger partial charge on any atom is -0.376 e. The van der Waals surface area contributed by atoms with Crippen molar-refractivity contribution in [2.75, 3.05) is 24.6 Å². The van der Waals surface area contributed by atoms with Gasteiger partial charge in [0.05, 0.1) is 18.9 Å². The number of fused-ring (bicyclic) bond motifs is 1. The van der Waals surface area contributed by atoms with Crippen molar-refractivity contribution in [3.8, 4) is 0 Å². The fraction of sp³-hybridized carbons (Fsp3) is 0.667. The molecule has 17 heavy (non-hydrogen) atoms. The van der Waals surface area contributed by atoms with Gasteiger partial charge in [0.15, 0.2) is 0 Å². The summed E-state index contributed by atoms with van der Waals surface area (Å²) in [6.07, 6.45) is 5.03. The molecule has 0 saturated carbocycles. The van der Waals surface area contributed by atoms with Crippen LogP contribution in [0.1, 0.15) is 24.1 Å². The zero-order valence-corrected chi connectivity index (χ0v) is 9.93. The lowest BCUT2D eigenvalue weighted by Gasteiger charge is -2.31. The van der Waals surface area contributed by atoms with E-state index >= 15 is 0 Å². The normalized spacial score (nSPS) is 24.5. The molecule has 0 spiro atoms. The molecular formula is C12H18N4O. The quantitative estimate of drug-likeness (QED) is 0.765. The standard InChI is InChI=1S/C12H18N4O/c13-10-2-1-4-16(7-10)12-14-6-9-8-17-5-3-11(9)15-12/h6,10H,1-5,7-8,13H2/t10-/m0/s1. The van der Waals surface area contributed by atoms with Crippen molar-refractivity contribution in [1.82, 2.24) is 9.97 Å². The second-order valence-electron chi connectivity index (χ2n) is 4.79. The van der Waals surface area contributed by atoms with Crippen LogP contribution in [0.4, 0.5) is 5.95 Å². The van der Waals surface area contributed by atoms with Gasteiger partial charge in [-0.2, -0.15) is 0 Å². The second-order valence-corrected chi connectivity index (χ2v) is 4.79. The number of piperidine rings is 1. The summed E-state index contributed by atoms with van der Waals surface area (Å²) in [5.41, 5.74) is 8.25. The van der Waals surface area contributed by atoms with Crippen LogP contribution in [-0.2, 0) is 17.8 Å². The maximum atomic E-state index is 5.98. The highest BCUT2D eigenvalue weighted by atomic mass is 16.5. The highest BCUT2D eigenvalue weighted by Crippen LogP contribution is 2.19. The van der Waals surface area contributed by atoms with Crippen LogP contribution in [0.5, 0.6) is 0 Å². The molecule has 1 aromatic heterocycles. The van der Waals surface area contributed by atoms with E-state index in [9.17, 15) is 0 Å². The number of nitrogens with two attached hydrogens (primary N) is 1. The number of ether oxygens (including phenoxy) is 1. The average molecular weight is 234 g/mol. The van der Waals surface area contributed by atoms with Crippen molar-refractivity contribution in [1.29, 1.82) is 0 Å². The van der Waals surface area contributed by atoms with Crippen LogP contribution >= 0.6 is 0 Å². The highest BCUT2D eigenvalue weighted by Gasteiger charge is 2.20. The van der Waals surface area contributed by atoms with Gasteiger partial charge in [-0.3, -0.25) is 0 Å². The van der Waals surface area contributed by atoms with Crippen molar-refractivity contribution in [3.63, 3.8) is 0 Å². The zero-order chi connectivity index (χ0) is 11.7. The predicted molar refractivity (Wildman–Crippen MR) is 64.8 cm³/mol. The van der Waals surface area contributed by atoms with Crippen molar-refractivity contribution < 1.29 is 4.74 Å². The Morgan fingerprint density at radius 1 is 1.47 bits per heavy atom. The van der Waals surface area contributed by atoms with Crippen LogP contribution in [0.25, 0.3) is 0 Å². The first-order valence-corrected chi connectivity index (χ1v) is 6.26. The number of hydrogen-bond donors (Lipinski definition) is 1. The first-order valence-electron chi connectivity index (χ1n) is 6.26. The summed E-state index contributed by atoms with van der Waals surface area (Å²) in [7, 11) is 0.